The van der Waals surface area contributed by atoms with Gasteiger partial charge in [-0.3, -0.25) is 0 Å². The van der Waals surface area contributed by atoms with Crippen LogP contribution in [0.15, 0.2) is 30.3 Å². The van der Waals surface area contributed by atoms with Gasteiger partial charge in [-0.1, -0.05) is 30.3 Å². The van der Waals surface area contributed by atoms with Crippen molar-refractivity contribution in [3.8, 4) is 0 Å². The van der Waals surface area contributed by atoms with E-state index in [0.29, 0.717) is 0 Å². The molecule has 1 saturated carbocycles. The fourth-order valence-corrected chi connectivity index (χ4v) is 2.02. The fraction of sp³-hybridized carbons (Fsp3) is 0.455. The van der Waals surface area contributed by atoms with Crippen molar-refractivity contribution in [2.75, 3.05) is 7.05 Å². The second-order valence-corrected chi connectivity index (χ2v) is 3.67. The van der Waals surface area contributed by atoms with Gasteiger partial charge < -0.3 is 10.4 Å². The topological polar surface area (TPSA) is 32.3 Å². The number of benzene rings is 1. The summed E-state index contributed by atoms with van der Waals surface area (Å²) < 4.78 is 0. The average Bonchev–Trinajstić information content (AvgIpc) is 2.17. The van der Waals surface area contributed by atoms with Crippen molar-refractivity contribution in [1.82, 2.24) is 5.32 Å². The van der Waals surface area contributed by atoms with Crippen molar-refractivity contribution in [2.24, 2.45) is 0 Å². The largest absolute Gasteiger partial charge is 0.384 e. The van der Waals surface area contributed by atoms with E-state index in [1.54, 1.807) is 0 Å². The van der Waals surface area contributed by atoms with Crippen LogP contribution in [-0.4, -0.2) is 18.2 Å². The minimum Gasteiger partial charge on any atom is -0.384 e. The highest BCUT2D eigenvalue weighted by Crippen LogP contribution is 2.40. The maximum absolute atomic E-state index is 10.3. The Morgan fingerprint density at radius 3 is 2.54 bits per heavy atom. The lowest BCUT2D eigenvalue weighted by molar-refractivity contribution is -0.0722. The van der Waals surface area contributed by atoms with Crippen LogP contribution in [0.5, 0.6) is 0 Å². The van der Waals surface area contributed by atoms with Crippen LogP contribution in [0, 0.1) is 0 Å². The molecular formula is C11H15NO. The molecule has 0 radical (unpaired) electrons. The maximum Gasteiger partial charge on any atom is 0.105 e. The summed E-state index contributed by atoms with van der Waals surface area (Å²) in [7, 11) is 1.90. The zero-order valence-corrected chi connectivity index (χ0v) is 7.83. The molecule has 2 atom stereocenters. The predicted octanol–water partition coefficient (Wildman–Crippen LogP) is 1.26. The van der Waals surface area contributed by atoms with Crippen LogP contribution in [0.2, 0.25) is 0 Å². The first-order valence-corrected chi connectivity index (χ1v) is 4.72. The van der Waals surface area contributed by atoms with Crippen LogP contribution in [0.4, 0.5) is 0 Å². The molecule has 2 nitrogen and oxygen atoms in total. The Kier molecular flexibility index (Phi) is 2.10. The maximum atomic E-state index is 10.3. The fourth-order valence-electron chi connectivity index (χ4n) is 2.02. The summed E-state index contributed by atoms with van der Waals surface area (Å²) in [6.07, 6.45) is 1.92. The van der Waals surface area contributed by atoms with Gasteiger partial charge in [-0.15, -0.1) is 0 Å². The minimum absolute atomic E-state index is 0.217. The zero-order valence-electron chi connectivity index (χ0n) is 7.83. The van der Waals surface area contributed by atoms with Gasteiger partial charge in [0.15, 0.2) is 0 Å². The summed E-state index contributed by atoms with van der Waals surface area (Å²) in [5.41, 5.74) is 0.399. The first-order valence-electron chi connectivity index (χ1n) is 4.72. The summed E-state index contributed by atoms with van der Waals surface area (Å²) in [6.45, 7) is 0. The van der Waals surface area contributed by atoms with Gasteiger partial charge in [-0.2, -0.15) is 0 Å². The normalized spacial score (nSPS) is 32.6. The highest BCUT2D eigenvalue weighted by Gasteiger charge is 2.45. The number of nitrogens with one attached hydrogen (secondary N) is 1. The molecule has 70 valence electrons. The molecule has 0 amide bonds. The SMILES string of the molecule is CN[C@@H]1CC[C@]1(O)c1ccccc1. The van der Waals surface area contributed by atoms with Crippen LogP contribution < -0.4 is 5.32 Å². The van der Waals surface area contributed by atoms with E-state index < -0.39 is 5.60 Å². The summed E-state index contributed by atoms with van der Waals surface area (Å²) in [5, 5.41) is 13.4. The third-order valence-electron chi connectivity index (χ3n) is 3.01. The van der Waals surface area contributed by atoms with E-state index in [2.05, 4.69) is 5.32 Å². The van der Waals surface area contributed by atoms with Gasteiger partial charge in [0.1, 0.15) is 5.60 Å². The average molecular weight is 177 g/mol. The van der Waals surface area contributed by atoms with Crippen LogP contribution in [0.1, 0.15) is 18.4 Å². The molecule has 1 aromatic rings. The highest BCUT2D eigenvalue weighted by molar-refractivity contribution is 5.27. The van der Waals surface area contributed by atoms with E-state index in [1.807, 2.05) is 37.4 Å². The van der Waals surface area contributed by atoms with Gasteiger partial charge in [0.2, 0.25) is 0 Å². The molecule has 1 aliphatic rings. The van der Waals surface area contributed by atoms with Crippen molar-refractivity contribution in [3.05, 3.63) is 35.9 Å². The molecule has 1 aliphatic carbocycles. The molecule has 0 bridgehead atoms. The van der Waals surface area contributed by atoms with Crippen LogP contribution in [0.3, 0.4) is 0 Å². The standard InChI is InChI=1S/C11H15NO/c1-12-10-7-8-11(10,13)9-5-3-2-4-6-9/h2-6,10,12-13H,7-8H2,1H3/t10-,11+/m1/s1. The molecule has 1 fully saturated rings. The van der Waals surface area contributed by atoms with E-state index in [4.69, 9.17) is 0 Å². The molecule has 0 saturated heterocycles. The molecule has 0 unspecified atom stereocenters. The summed E-state index contributed by atoms with van der Waals surface area (Å²) in [6, 6.07) is 10.1. The predicted molar refractivity (Wildman–Crippen MR) is 52.4 cm³/mol. The Morgan fingerprint density at radius 2 is 2.08 bits per heavy atom. The van der Waals surface area contributed by atoms with Gasteiger partial charge in [0.05, 0.1) is 0 Å². The minimum atomic E-state index is -0.629. The molecule has 0 aliphatic heterocycles. The van der Waals surface area contributed by atoms with E-state index in [0.717, 1.165) is 18.4 Å². The molecule has 2 rings (SSSR count). The Hall–Kier alpha value is -0.860. The van der Waals surface area contributed by atoms with Crippen molar-refractivity contribution in [3.63, 3.8) is 0 Å². The molecule has 0 heterocycles. The first kappa shape index (κ1) is 8.73. The number of hydrogen-bond acceptors (Lipinski definition) is 2. The lowest BCUT2D eigenvalue weighted by atomic mass is 9.70. The molecule has 0 aromatic heterocycles. The quantitative estimate of drug-likeness (QED) is 0.712. The Labute approximate surface area is 78.6 Å². The molecule has 1 aromatic carbocycles. The molecule has 2 heteroatoms. The molecule has 13 heavy (non-hydrogen) atoms. The number of likely N-dealkylation sites (N-methyl/N-ethyl adjacent to an activating group) is 1. The van der Waals surface area contributed by atoms with Crippen molar-refractivity contribution < 1.29 is 5.11 Å². The highest BCUT2D eigenvalue weighted by atomic mass is 16.3. The third-order valence-corrected chi connectivity index (χ3v) is 3.01. The summed E-state index contributed by atoms with van der Waals surface area (Å²) in [4.78, 5) is 0. The zero-order chi connectivity index (χ0) is 9.31. The lowest BCUT2D eigenvalue weighted by Gasteiger charge is -2.45. The van der Waals surface area contributed by atoms with E-state index >= 15 is 0 Å². The van der Waals surface area contributed by atoms with Crippen molar-refractivity contribution in [1.29, 1.82) is 0 Å². The summed E-state index contributed by atoms with van der Waals surface area (Å²) in [5.74, 6) is 0. The van der Waals surface area contributed by atoms with Gasteiger partial charge in [-0.25, -0.2) is 0 Å². The van der Waals surface area contributed by atoms with Gasteiger partial charge in [0, 0.05) is 6.04 Å². The van der Waals surface area contributed by atoms with E-state index in [-0.39, 0.29) is 6.04 Å². The number of aliphatic hydroxyl groups is 1. The Morgan fingerprint density at radius 1 is 1.38 bits per heavy atom. The number of rotatable bonds is 2. The second-order valence-electron chi connectivity index (χ2n) is 3.67. The van der Waals surface area contributed by atoms with Gasteiger partial charge >= 0.3 is 0 Å². The van der Waals surface area contributed by atoms with Crippen LogP contribution in [0.25, 0.3) is 0 Å². The number of hydrogen-bond donors (Lipinski definition) is 2. The van der Waals surface area contributed by atoms with Crippen LogP contribution >= 0.6 is 0 Å². The molecular weight excluding hydrogens is 162 g/mol. The second kappa shape index (κ2) is 3.13. The summed E-state index contributed by atoms with van der Waals surface area (Å²) >= 11 is 0. The van der Waals surface area contributed by atoms with Gasteiger partial charge in [-0.05, 0) is 25.5 Å². The van der Waals surface area contributed by atoms with Crippen LogP contribution in [-0.2, 0) is 5.60 Å². The Bertz CT molecular complexity index is 283. The van der Waals surface area contributed by atoms with E-state index in [1.165, 1.54) is 0 Å². The van der Waals surface area contributed by atoms with Gasteiger partial charge in [0.25, 0.3) is 0 Å². The molecule has 0 spiro atoms. The molecule has 2 N–H and O–H groups in total. The first-order chi connectivity index (χ1) is 6.27. The van der Waals surface area contributed by atoms with Crippen molar-refractivity contribution in [2.45, 2.75) is 24.5 Å². The lowest BCUT2D eigenvalue weighted by Crippen LogP contribution is -2.55. The van der Waals surface area contributed by atoms with E-state index in [9.17, 15) is 5.11 Å². The third kappa shape index (κ3) is 1.26. The smallest absolute Gasteiger partial charge is 0.105 e. The Balaban J connectivity index is 2.26. The van der Waals surface area contributed by atoms with Crippen molar-refractivity contribution >= 4 is 0 Å². The monoisotopic (exact) mass is 177 g/mol.